The quantitative estimate of drug-likeness (QED) is 0.851. The van der Waals surface area contributed by atoms with Crippen LogP contribution in [0.15, 0.2) is 0 Å². The zero-order valence-corrected chi connectivity index (χ0v) is 13.3. The lowest BCUT2D eigenvalue weighted by atomic mass is 9.69. The Hall–Kier alpha value is -0.290. The molecule has 0 amide bonds. The minimum absolute atomic E-state index is 0.0328. The summed E-state index contributed by atoms with van der Waals surface area (Å²) in [5.41, 5.74) is 0.161. The summed E-state index contributed by atoms with van der Waals surface area (Å²) in [6, 6.07) is 0.139. The van der Waals surface area contributed by atoms with Gasteiger partial charge in [0.2, 0.25) is 0 Å². The molecule has 0 saturated heterocycles. The highest BCUT2D eigenvalue weighted by molar-refractivity contribution is 4.93. The maximum atomic E-state index is 12.6. The van der Waals surface area contributed by atoms with Crippen molar-refractivity contribution < 1.29 is 13.2 Å². The monoisotopic (exact) mass is 294 g/mol. The highest BCUT2D eigenvalue weighted by Gasteiger charge is 2.40. The Labute approximate surface area is 121 Å². The molecule has 0 radical (unpaired) electrons. The lowest BCUT2D eigenvalue weighted by Crippen LogP contribution is -2.55. The van der Waals surface area contributed by atoms with Gasteiger partial charge in [-0.1, -0.05) is 27.7 Å². The second-order valence-corrected chi connectivity index (χ2v) is 7.14. The van der Waals surface area contributed by atoms with Crippen molar-refractivity contribution in [1.29, 1.82) is 0 Å². The van der Waals surface area contributed by atoms with Crippen LogP contribution in [0.4, 0.5) is 13.2 Å². The van der Waals surface area contributed by atoms with Crippen molar-refractivity contribution in [1.82, 2.24) is 10.2 Å². The normalized spacial score (nSPS) is 28.9. The van der Waals surface area contributed by atoms with Crippen LogP contribution in [0.1, 0.15) is 47.0 Å². The van der Waals surface area contributed by atoms with Crippen molar-refractivity contribution in [2.45, 2.75) is 65.2 Å². The Morgan fingerprint density at radius 2 is 1.75 bits per heavy atom. The molecule has 3 unspecified atom stereocenters. The predicted octanol–water partition coefficient (Wildman–Crippen LogP) is 3.67. The summed E-state index contributed by atoms with van der Waals surface area (Å²) in [6.07, 6.45) is -1.23. The minimum atomic E-state index is -4.12. The molecule has 1 aliphatic carbocycles. The maximum absolute atomic E-state index is 12.6. The number of nitrogens with one attached hydrogen (secondary N) is 1. The molecule has 2 nitrogen and oxygen atoms in total. The molecule has 0 heterocycles. The predicted molar refractivity (Wildman–Crippen MR) is 76.7 cm³/mol. The smallest absolute Gasteiger partial charge is 0.313 e. The molecule has 5 heteroatoms. The van der Waals surface area contributed by atoms with Crippen LogP contribution in [0.25, 0.3) is 0 Å². The van der Waals surface area contributed by atoms with Crippen LogP contribution >= 0.6 is 0 Å². The van der Waals surface area contributed by atoms with Gasteiger partial charge in [-0.05, 0) is 44.2 Å². The van der Waals surface area contributed by atoms with Crippen LogP contribution in [-0.2, 0) is 0 Å². The molecule has 0 spiro atoms. The highest BCUT2D eigenvalue weighted by atomic mass is 19.4. The Balaban J connectivity index is 2.77. The molecule has 1 fully saturated rings. The summed E-state index contributed by atoms with van der Waals surface area (Å²) < 4.78 is 37.9. The third-order valence-corrected chi connectivity index (χ3v) is 4.50. The van der Waals surface area contributed by atoms with E-state index in [-0.39, 0.29) is 17.5 Å². The molecular weight excluding hydrogens is 265 g/mol. The van der Waals surface area contributed by atoms with Gasteiger partial charge in [0.15, 0.2) is 0 Å². The van der Waals surface area contributed by atoms with E-state index in [9.17, 15) is 13.2 Å². The van der Waals surface area contributed by atoms with Gasteiger partial charge in [0.1, 0.15) is 0 Å². The number of rotatable bonds is 4. The summed E-state index contributed by atoms with van der Waals surface area (Å²) >= 11 is 0. The molecule has 1 rings (SSSR count). The van der Waals surface area contributed by atoms with Crippen LogP contribution in [0, 0.1) is 11.3 Å². The van der Waals surface area contributed by atoms with Crippen LogP contribution in [0.3, 0.4) is 0 Å². The van der Waals surface area contributed by atoms with E-state index in [1.165, 1.54) is 4.90 Å². The molecule has 120 valence electrons. The van der Waals surface area contributed by atoms with Gasteiger partial charge in [-0.25, -0.2) is 0 Å². The van der Waals surface area contributed by atoms with Gasteiger partial charge in [0, 0.05) is 12.1 Å². The van der Waals surface area contributed by atoms with Gasteiger partial charge in [0.05, 0.1) is 6.54 Å². The van der Waals surface area contributed by atoms with Crippen molar-refractivity contribution in [2.24, 2.45) is 11.3 Å². The molecule has 0 aliphatic heterocycles. The van der Waals surface area contributed by atoms with Gasteiger partial charge < -0.3 is 5.32 Å². The molecule has 20 heavy (non-hydrogen) atoms. The van der Waals surface area contributed by atoms with Crippen molar-refractivity contribution in [3.8, 4) is 0 Å². The molecule has 0 bridgehead atoms. The van der Waals surface area contributed by atoms with Gasteiger partial charge in [-0.15, -0.1) is 0 Å². The van der Waals surface area contributed by atoms with E-state index >= 15 is 0 Å². The average molecular weight is 294 g/mol. The Morgan fingerprint density at radius 1 is 1.15 bits per heavy atom. The fourth-order valence-electron chi connectivity index (χ4n) is 3.32. The molecule has 3 atom stereocenters. The molecule has 1 N–H and O–H groups in total. The third kappa shape index (κ3) is 5.24. The minimum Gasteiger partial charge on any atom is -0.313 e. The van der Waals surface area contributed by atoms with E-state index < -0.39 is 12.7 Å². The summed E-state index contributed by atoms with van der Waals surface area (Å²) in [5.74, 6) is 0.484. The molecule has 0 aromatic heterocycles. The van der Waals surface area contributed by atoms with E-state index in [4.69, 9.17) is 0 Å². The summed E-state index contributed by atoms with van der Waals surface area (Å²) in [7, 11) is 1.60. The third-order valence-electron chi connectivity index (χ3n) is 4.50. The van der Waals surface area contributed by atoms with E-state index in [0.29, 0.717) is 5.92 Å². The zero-order valence-electron chi connectivity index (χ0n) is 13.3. The summed E-state index contributed by atoms with van der Waals surface area (Å²) in [5, 5.41) is 3.36. The van der Waals surface area contributed by atoms with Gasteiger partial charge in [0.25, 0.3) is 0 Å². The number of nitrogens with zero attached hydrogens (tertiary/aromatic N) is 1. The second-order valence-electron chi connectivity index (χ2n) is 7.14. The van der Waals surface area contributed by atoms with Gasteiger partial charge >= 0.3 is 6.18 Å². The van der Waals surface area contributed by atoms with Crippen LogP contribution in [-0.4, -0.2) is 43.3 Å². The van der Waals surface area contributed by atoms with Crippen molar-refractivity contribution in [2.75, 3.05) is 20.1 Å². The fraction of sp³-hybridized carbons (Fsp3) is 1.00. The Morgan fingerprint density at radius 3 is 2.20 bits per heavy atom. The number of hydrogen-bond donors (Lipinski definition) is 1. The highest BCUT2D eigenvalue weighted by Crippen LogP contribution is 2.39. The van der Waals surface area contributed by atoms with Crippen LogP contribution in [0.5, 0.6) is 0 Å². The van der Waals surface area contributed by atoms with Crippen LogP contribution in [0.2, 0.25) is 0 Å². The van der Waals surface area contributed by atoms with E-state index in [1.807, 2.05) is 6.92 Å². The van der Waals surface area contributed by atoms with Crippen molar-refractivity contribution in [3.63, 3.8) is 0 Å². The topological polar surface area (TPSA) is 15.3 Å². The second kappa shape index (κ2) is 6.65. The summed E-state index contributed by atoms with van der Waals surface area (Å²) in [6.45, 7) is 8.55. The number of halogens is 3. The van der Waals surface area contributed by atoms with Crippen LogP contribution < -0.4 is 5.32 Å². The zero-order chi connectivity index (χ0) is 15.6. The van der Waals surface area contributed by atoms with E-state index in [1.54, 1.807) is 7.05 Å². The average Bonchev–Trinajstić information content (AvgIpc) is 2.26. The molecule has 1 saturated carbocycles. The number of alkyl halides is 3. The van der Waals surface area contributed by atoms with E-state index in [0.717, 1.165) is 25.8 Å². The lowest BCUT2D eigenvalue weighted by Gasteiger charge is -2.45. The Bertz CT molecular complexity index is 296. The lowest BCUT2D eigenvalue weighted by molar-refractivity contribution is -0.151. The first-order chi connectivity index (χ1) is 9.04. The first-order valence-electron chi connectivity index (χ1n) is 7.55. The maximum Gasteiger partial charge on any atom is 0.401 e. The number of hydrogen-bond acceptors (Lipinski definition) is 2. The Kier molecular flexibility index (Phi) is 5.90. The molecule has 0 aromatic carbocycles. The fourth-order valence-corrected chi connectivity index (χ4v) is 3.32. The van der Waals surface area contributed by atoms with Crippen molar-refractivity contribution >= 4 is 0 Å². The first kappa shape index (κ1) is 17.8. The molecule has 1 aliphatic rings. The van der Waals surface area contributed by atoms with Gasteiger partial charge in [-0.3, -0.25) is 4.90 Å². The standard InChI is InChI=1S/C15H29F3N2/c1-6-19-12-8-7-11(14(2,3)4)9-13(12)20(5)10-15(16,17)18/h11-13,19H,6-10H2,1-5H3. The first-order valence-corrected chi connectivity index (χ1v) is 7.55. The summed E-state index contributed by atoms with van der Waals surface area (Å²) in [4.78, 5) is 1.49. The molecular formula is C15H29F3N2. The molecule has 0 aromatic rings. The largest absolute Gasteiger partial charge is 0.401 e. The van der Waals surface area contributed by atoms with Gasteiger partial charge in [-0.2, -0.15) is 13.2 Å². The van der Waals surface area contributed by atoms with E-state index in [2.05, 4.69) is 26.1 Å². The SMILES string of the molecule is CCNC1CCC(C(C)(C)C)CC1N(C)CC(F)(F)F. The number of likely N-dealkylation sites (N-methyl/N-ethyl adjacent to an activating group) is 2. The van der Waals surface area contributed by atoms with Crippen molar-refractivity contribution in [3.05, 3.63) is 0 Å².